The summed E-state index contributed by atoms with van der Waals surface area (Å²) < 4.78 is 5.37. The first-order valence-corrected chi connectivity index (χ1v) is 8.21. The summed E-state index contributed by atoms with van der Waals surface area (Å²) in [6.45, 7) is 3.51. The van der Waals surface area contributed by atoms with Gasteiger partial charge in [-0.25, -0.2) is 4.79 Å². The number of methoxy groups -OCH3 is 1. The molecule has 0 aromatic heterocycles. The molecule has 0 bridgehead atoms. The molecule has 1 saturated heterocycles. The van der Waals surface area contributed by atoms with Crippen LogP contribution in [0.2, 0.25) is 0 Å². The lowest BCUT2D eigenvalue weighted by atomic mass is 10.0. The van der Waals surface area contributed by atoms with E-state index in [1.807, 2.05) is 12.1 Å². The van der Waals surface area contributed by atoms with Crippen LogP contribution in [0.5, 0.6) is 5.75 Å². The van der Waals surface area contributed by atoms with Gasteiger partial charge in [0.15, 0.2) is 0 Å². The van der Waals surface area contributed by atoms with Crippen LogP contribution in [0.3, 0.4) is 0 Å². The molecule has 1 aliphatic heterocycles. The van der Waals surface area contributed by atoms with Gasteiger partial charge in [-0.2, -0.15) is 0 Å². The Bertz CT molecular complexity index is 667. The third-order valence-electron chi connectivity index (χ3n) is 3.40. The van der Waals surface area contributed by atoms with Crippen molar-refractivity contribution in [1.29, 1.82) is 0 Å². The summed E-state index contributed by atoms with van der Waals surface area (Å²) in [6.07, 6.45) is 1.71. The number of carboxylic acids is 1. The average molecular weight is 351 g/mol. The number of carbonyl (C=O) groups is 2. The summed E-state index contributed by atoms with van der Waals surface area (Å²) in [6, 6.07) is 6.27. The van der Waals surface area contributed by atoms with Gasteiger partial charge in [0, 0.05) is 0 Å². The van der Waals surface area contributed by atoms with E-state index in [4.69, 9.17) is 17.0 Å². The molecule has 1 atom stereocenters. The first kappa shape index (κ1) is 17.5. The summed E-state index contributed by atoms with van der Waals surface area (Å²) in [4.78, 5) is 25.6. The van der Waals surface area contributed by atoms with Crippen LogP contribution < -0.4 is 4.74 Å². The Morgan fingerprint density at radius 2 is 1.96 bits per heavy atom. The van der Waals surface area contributed by atoms with Crippen molar-refractivity contribution in [2.24, 2.45) is 5.92 Å². The van der Waals surface area contributed by atoms with Crippen molar-refractivity contribution in [1.82, 2.24) is 4.90 Å². The second kappa shape index (κ2) is 7.14. The summed E-state index contributed by atoms with van der Waals surface area (Å²) in [5.41, 5.74) is 0.822. The molecule has 1 fully saturated rings. The predicted octanol–water partition coefficient (Wildman–Crippen LogP) is 3.01. The van der Waals surface area contributed by atoms with Crippen LogP contribution in [-0.2, 0) is 9.59 Å². The van der Waals surface area contributed by atoms with Crippen LogP contribution in [0.4, 0.5) is 0 Å². The Morgan fingerprint density at radius 3 is 2.43 bits per heavy atom. The second-order valence-electron chi connectivity index (χ2n) is 5.35. The lowest BCUT2D eigenvalue weighted by Crippen LogP contribution is -2.47. The normalized spacial score (nSPS) is 17.9. The molecule has 1 aromatic carbocycles. The van der Waals surface area contributed by atoms with Gasteiger partial charge in [0.05, 0.1) is 12.0 Å². The fourth-order valence-electron chi connectivity index (χ4n) is 2.26. The molecule has 7 heteroatoms. The van der Waals surface area contributed by atoms with Crippen molar-refractivity contribution in [2.45, 2.75) is 19.9 Å². The first-order valence-electron chi connectivity index (χ1n) is 6.99. The second-order valence-corrected chi connectivity index (χ2v) is 7.03. The van der Waals surface area contributed by atoms with E-state index in [-0.39, 0.29) is 16.1 Å². The molecular weight excluding hydrogens is 334 g/mol. The Balaban J connectivity index is 2.29. The van der Waals surface area contributed by atoms with Crippen molar-refractivity contribution in [3.63, 3.8) is 0 Å². The molecule has 23 heavy (non-hydrogen) atoms. The lowest BCUT2D eigenvalue weighted by molar-refractivity contribution is -0.146. The van der Waals surface area contributed by atoms with Crippen LogP contribution in [0.1, 0.15) is 19.4 Å². The SMILES string of the molecule is COc1ccc(/C=C2\SC(=S)N([C@H](C(=O)O)C(C)C)C2=O)cc1. The zero-order valence-electron chi connectivity index (χ0n) is 13.0. The number of amides is 1. The number of aliphatic carboxylic acids is 1. The van der Waals surface area contributed by atoms with E-state index in [0.717, 1.165) is 23.1 Å². The highest BCUT2D eigenvalue weighted by Gasteiger charge is 2.41. The van der Waals surface area contributed by atoms with E-state index >= 15 is 0 Å². The average Bonchev–Trinajstić information content (AvgIpc) is 2.75. The maximum atomic E-state index is 12.6. The number of hydrogen-bond donors (Lipinski definition) is 1. The number of thioether (sulfide) groups is 1. The summed E-state index contributed by atoms with van der Waals surface area (Å²) in [5, 5.41) is 9.38. The smallest absolute Gasteiger partial charge is 0.327 e. The molecule has 2 rings (SSSR count). The van der Waals surface area contributed by atoms with Gasteiger partial charge in [-0.3, -0.25) is 9.69 Å². The zero-order chi connectivity index (χ0) is 17.1. The predicted molar refractivity (Wildman–Crippen MR) is 94.3 cm³/mol. The molecule has 1 heterocycles. The molecular formula is C16H17NO4S2. The third-order valence-corrected chi connectivity index (χ3v) is 4.73. The number of hydrogen-bond acceptors (Lipinski definition) is 5. The zero-order valence-corrected chi connectivity index (χ0v) is 14.6. The van der Waals surface area contributed by atoms with Crippen LogP contribution >= 0.6 is 24.0 Å². The summed E-state index contributed by atoms with van der Waals surface area (Å²) in [5.74, 6) is -0.935. The van der Waals surface area contributed by atoms with E-state index in [1.165, 1.54) is 4.90 Å². The monoisotopic (exact) mass is 351 g/mol. The topological polar surface area (TPSA) is 66.8 Å². The molecule has 0 radical (unpaired) electrons. The molecule has 122 valence electrons. The largest absolute Gasteiger partial charge is 0.497 e. The molecule has 1 aromatic rings. The molecule has 5 nitrogen and oxygen atoms in total. The highest BCUT2D eigenvalue weighted by Crippen LogP contribution is 2.35. The molecule has 1 aliphatic rings. The fraction of sp³-hybridized carbons (Fsp3) is 0.312. The molecule has 1 amide bonds. The van der Waals surface area contributed by atoms with Gasteiger partial charge >= 0.3 is 5.97 Å². The molecule has 0 unspecified atom stereocenters. The standard InChI is InChI=1S/C16H17NO4S2/c1-9(2)13(15(19)20)17-14(18)12(23-16(17)22)8-10-4-6-11(21-3)7-5-10/h4-9,13H,1-3H3,(H,19,20)/b12-8-/t13-/m0/s1. The summed E-state index contributed by atoms with van der Waals surface area (Å²) >= 11 is 6.33. The van der Waals surface area contributed by atoms with Gasteiger partial charge < -0.3 is 9.84 Å². The van der Waals surface area contributed by atoms with Crippen molar-refractivity contribution in [3.8, 4) is 5.75 Å². The number of carbonyl (C=O) groups excluding carboxylic acids is 1. The van der Waals surface area contributed by atoms with Gasteiger partial charge in [-0.05, 0) is 29.7 Å². The number of ether oxygens (including phenoxy) is 1. The third kappa shape index (κ3) is 3.73. The van der Waals surface area contributed by atoms with E-state index in [0.29, 0.717) is 4.91 Å². The fourth-order valence-corrected chi connectivity index (χ4v) is 3.59. The molecule has 0 aliphatic carbocycles. The van der Waals surface area contributed by atoms with Gasteiger partial charge in [0.1, 0.15) is 16.1 Å². The first-order chi connectivity index (χ1) is 10.8. The molecule has 0 spiro atoms. The Labute approximate surface area is 144 Å². The minimum atomic E-state index is -1.05. The van der Waals surface area contributed by atoms with Crippen LogP contribution in [0, 0.1) is 5.92 Å². The number of nitrogens with zero attached hydrogens (tertiary/aromatic N) is 1. The van der Waals surface area contributed by atoms with Crippen molar-refractivity contribution in [3.05, 3.63) is 34.7 Å². The quantitative estimate of drug-likeness (QED) is 0.650. The van der Waals surface area contributed by atoms with Gasteiger partial charge in [-0.15, -0.1) is 0 Å². The van der Waals surface area contributed by atoms with E-state index in [1.54, 1.807) is 39.2 Å². The Morgan fingerprint density at radius 1 is 1.35 bits per heavy atom. The van der Waals surface area contributed by atoms with Crippen molar-refractivity contribution >= 4 is 46.3 Å². The van der Waals surface area contributed by atoms with E-state index in [9.17, 15) is 14.7 Å². The van der Waals surface area contributed by atoms with Crippen LogP contribution in [0.15, 0.2) is 29.2 Å². The summed E-state index contributed by atoms with van der Waals surface area (Å²) in [7, 11) is 1.58. The van der Waals surface area contributed by atoms with Crippen LogP contribution in [-0.4, -0.2) is 39.4 Å². The van der Waals surface area contributed by atoms with Gasteiger partial charge in [0.25, 0.3) is 5.91 Å². The van der Waals surface area contributed by atoms with Crippen molar-refractivity contribution < 1.29 is 19.4 Å². The molecule has 1 N–H and O–H groups in total. The number of benzene rings is 1. The van der Waals surface area contributed by atoms with Gasteiger partial charge in [0.2, 0.25) is 0 Å². The number of carboxylic acid groups (broad SMARTS) is 1. The van der Waals surface area contributed by atoms with Crippen LogP contribution in [0.25, 0.3) is 6.08 Å². The minimum Gasteiger partial charge on any atom is -0.497 e. The maximum Gasteiger partial charge on any atom is 0.327 e. The van der Waals surface area contributed by atoms with E-state index in [2.05, 4.69) is 0 Å². The maximum absolute atomic E-state index is 12.6. The lowest BCUT2D eigenvalue weighted by Gasteiger charge is -2.26. The Kier molecular flexibility index (Phi) is 5.43. The van der Waals surface area contributed by atoms with E-state index < -0.39 is 12.0 Å². The minimum absolute atomic E-state index is 0.240. The highest BCUT2D eigenvalue weighted by molar-refractivity contribution is 8.26. The number of thiocarbonyl (C=S) groups is 1. The number of rotatable bonds is 5. The molecule has 0 saturated carbocycles. The highest BCUT2D eigenvalue weighted by atomic mass is 32.2. The Hall–Kier alpha value is -1.86. The van der Waals surface area contributed by atoms with Gasteiger partial charge in [-0.1, -0.05) is 50.0 Å². The van der Waals surface area contributed by atoms with Crippen molar-refractivity contribution in [2.75, 3.05) is 7.11 Å².